The number of hydrogen-bond donors (Lipinski definition) is 1. The number of aliphatic hydroxyl groups is 1. The number of aromatic nitrogens is 2. The van der Waals surface area contributed by atoms with Gasteiger partial charge in [-0.1, -0.05) is 0 Å². The zero-order valence-electron chi connectivity index (χ0n) is 21.1. The average Bonchev–Trinajstić information content (AvgIpc) is 3.67. The highest BCUT2D eigenvalue weighted by molar-refractivity contribution is 5.92. The smallest absolute Gasteiger partial charge is 0.140 e. The number of hydrogen-bond acceptors (Lipinski definition) is 8. The van der Waals surface area contributed by atoms with E-state index < -0.39 is 0 Å². The first-order valence-electron chi connectivity index (χ1n) is 13.7. The fourth-order valence-corrected chi connectivity index (χ4v) is 5.98. The quantitative estimate of drug-likeness (QED) is 0.648. The molecular weight excluding hydrogens is 440 g/mol. The molecule has 35 heavy (non-hydrogen) atoms. The number of rotatable bonds is 7. The van der Waals surface area contributed by atoms with Gasteiger partial charge < -0.3 is 19.6 Å². The van der Waals surface area contributed by atoms with Crippen LogP contribution in [0.15, 0.2) is 18.2 Å². The van der Waals surface area contributed by atoms with Crippen LogP contribution in [0.25, 0.3) is 10.9 Å². The van der Waals surface area contributed by atoms with Crippen molar-refractivity contribution in [1.29, 1.82) is 0 Å². The van der Waals surface area contributed by atoms with E-state index >= 15 is 0 Å². The minimum atomic E-state index is -0.154. The van der Waals surface area contributed by atoms with Gasteiger partial charge in [0.2, 0.25) is 0 Å². The Hall–Kier alpha value is -2.00. The molecule has 2 saturated carbocycles. The Morgan fingerprint density at radius 1 is 1.00 bits per heavy atom. The Labute approximate surface area is 208 Å². The molecule has 2 aliphatic carbocycles. The molecule has 0 radical (unpaired) electrons. The number of fused-ring (bicyclic) bond motifs is 1. The van der Waals surface area contributed by atoms with Crippen LogP contribution in [0, 0.1) is 0 Å². The standard InChI is InChI=1S/C27H40N6O2/c1-30(9-10-31-15-17-35-18-16-31)21-7-8-23-22(19-21)27(29-26(28-23)20-5-6-20)33-13-11-32(12-14-33)24-3-2-4-25(24)34/h7-8,19-20,24-25,34H,2-6,9-18H2,1H3. The summed E-state index contributed by atoms with van der Waals surface area (Å²) >= 11 is 0. The van der Waals surface area contributed by atoms with Crippen LogP contribution in [0.3, 0.4) is 0 Å². The minimum absolute atomic E-state index is 0.154. The van der Waals surface area contributed by atoms with Crippen molar-refractivity contribution in [1.82, 2.24) is 19.8 Å². The zero-order valence-corrected chi connectivity index (χ0v) is 21.1. The highest BCUT2D eigenvalue weighted by atomic mass is 16.5. The molecule has 2 saturated heterocycles. The number of likely N-dealkylation sites (N-methyl/N-ethyl adjacent to an activating group) is 1. The van der Waals surface area contributed by atoms with E-state index in [-0.39, 0.29) is 6.10 Å². The summed E-state index contributed by atoms with van der Waals surface area (Å²) in [6, 6.07) is 7.05. The molecule has 1 aromatic heterocycles. The van der Waals surface area contributed by atoms with E-state index in [0.29, 0.717) is 12.0 Å². The fraction of sp³-hybridized carbons (Fsp3) is 0.704. The Morgan fingerprint density at radius 2 is 1.80 bits per heavy atom. The lowest BCUT2D eigenvalue weighted by molar-refractivity contribution is 0.0393. The van der Waals surface area contributed by atoms with Crippen molar-refractivity contribution in [2.24, 2.45) is 0 Å². The van der Waals surface area contributed by atoms with E-state index in [4.69, 9.17) is 14.7 Å². The minimum Gasteiger partial charge on any atom is -0.391 e. The van der Waals surface area contributed by atoms with Gasteiger partial charge in [-0.15, -0.1) is 0 Å². The summed E-state index contributed by atoms with van der Waals surface area (Å²) in [5.41, 5.74) is 2.29. The SMILES string of the molecule is CN(CCN1CCOCC1)c1ccc2nc(C3CC3)nc(N3CCN(C4CCCC4O)CC3)c2c1. The monoisotopic (exact) mass is 480 g/mol. The third-order valence-corrected chi connectivity index (χ3v) is 8.44. The Bertz CT molecular complexity index is 1020. The molecule has 0 spiro atoms. The van der Waals surface area contributed by atoms with E-state index in [1.807, 2.05) is 0 Å². The van der Waals surface area contributed by atoms with Crippen molar-refractivity contribution in [3.8, 4) is 0 Å². The van der Waals surface area contributed by atoms with E-state index in [0.717, 1.165) is 102 Å². The van der Waals surface area contributed by atoms with Crippen LogP contribution < -0.4 is 9.80 Å². The highest BCUT2D eigenvalue weighted by Gasteiger charge is 2.34. The Kier molecular flexibility index (Phi) is 6.80. The van der Waals surface area contributed by atoms with Gasteiger partial charge in [0.25, 0.3) is 0 Å². The Balaban J connectivity index is 1.21. The largest absolute Gasteiger partial charge is 0.391 e. The van der Waals surface area contributed by atoms with Gasteiger partial charge in [-0.25, -0.2) is 9.97 Å². The molecule has 8 heteroatoms. The molecule has 1 N–H and O–H groups in total. The molecule has 2 aromatic rings. The van der Waals surface area contributed by atoms with Gasteiger partial charge in [-0.05, 0) is 50.3 Å². The first kappa shape index (κ1) is 23.4. The number of ether oxygens (including phenoxy) is 1. The first-order chi connectivity index (χ1) is 17.2. The molecule has 8 nitrogen and oxygen atoms in total. The lowest BCUT2D eigenvalue weighted by Crippen LogP contribution is -2.52. The molecule has 190 valence electrons. The number of nitrogens with zero attached hydrogens (tertiary/aromatic N) is 6. The lowest BCUT2D eigenvalue weighted by Gasteiger charge is -2.40. The van der Waals surface area contributed by atoms with Crippen molar-refractivity contribution in [2.45, 2.75) is 50.2 Å². The summed E-state index contributed by atoms with van der Waals surface area (Å²) in [5.74, 6) is 2.66. The van der Waals surface area contributed by atoms with Gasteiger partial charge in [0.15, 0.2) is 0 Å². The van der Waals surface area contributed by atoms with Crippen molar-refractivity contribution in [3.05, 3.63) is 24.0 Å². The van der Waals surface area contributed by atoms with Crippen molar-refractivity contribution in [3.63, 3.8) is 0 Å². The summed E-state index contributed by atoms with van der Waals surface area (Å²) in [4.78, 5) is 19.9. The maximum Gasteiger partial charge on any atom is 0.140 e. The zero-order chi connectivity index (χ0) is 23.8. The highest BCUT2D eigenvalue weighted by Crippen LogP contribution is 2.40. The number of morpholine rings is 1. The second-order valence-corrected chi connectivity index (χ2v) is 10.8. The number of aliphatic hydroxyl groups excluding tert-OH is 1. The summed E-state index contributed by atoms with van der Waals surface area (Å²) in [7, 11) is 2.19. The third-order valence-electron chi connectivity index (χ3n) is 8.44. The van der Waals surface area contributed by atoms with Gasteiger partial charge in [-0.3, -0.25) is 9.80 Å². The summed E-state index contributed by atoms with van der Waals surface area (Å²) in [6.45, 7) is 9.67. The van der Waals surface area contributed by atoms with Crippen LogP contribution in [0.1, 0.15) is 43.8 Å². The second kappa shape index (κ2) is 10.2. The molecule has 2 unspecified atom stereocenters. The Morgan fingerprint density at radius 3 is 2.51 bits per heavy atom. The predicted molar refractivity (Wildman–Crippen MR) is 139 cm³/mol. The van der Waals surface area contributed by atoms with Crippen LogP contribution in [0.2, 0.25) is 0 Å². The lowest BCUT2D eigenvalue weighted by atomic mass is 10.1. The third kappa shape index (κ3) is 5.12. The predicted octanol–water partition coefficient (Wildman–Crippen LogP) is 2.31. The van der Waals surface area contributed by atoms with Crippen molar-refractivity contribution >= 4 is 22.4 Å². The normalized spacial score (nSPS) is 26.5. The van der Waals surface area contributed by atoms with E-state index in [2.05, 4.69) is 44.8 Å². The van der Waals surface area contributed by atoms with Gasteiger partial charge >= 0.3 is 0 Å². The maximum atomic E-state index is 10.4. The number of piperazine rings is 1. The van der Waals surface area contributed by atoms with Gasteiger partial charge in [0.05, 0.1) is 24.8 Å². The molecule has 0 bridgehead atoms. The van der Waals surface area contributed by atoms with Crippen LogP contribution in [0.4, 0.5) is 11.5 Å². The first-order valence-corrected chi connectivity index (χ1v) is 13.7. The van der Waals surface area contributed by atoms with Gasteiger partial charge in [-0.2, -0.15) is 0 Å². The van der Waals surface area contributed by atoms with Crippen LogP contribution >= 0.6 is 0 Å². The second-order valence-electron chi connectivity index (χ2n) is 10.8. The summed E-state index contributed by atoms with van der Waals surface area (Å²) < 4.78 is 5.49. The van der Waals surface area contributed by atoms with Gasteiger partial charge in [0, 0.05) is 82.4 Å². The molecule has 3 heterocycles. The molecule has 2 aliphatic heterocycles. The maximum absolute atomic E-state index is 10.4. The molecule has 1 aromatic carbocycles. The van der Waals surface area contributed by atoms with Crippen LogP contribution in [-0.4, -0.2) is 110 Å². The van der Waals surface area contributed by atoms with E-state index in [1.54, 1.807) is 0 Å². The van der Waals surface area contributed by atoms with Gasteiger partial charge in [0.1, 0.15) is 11.6 Å². The molecule has 2 atom stereocenters. The molecule has 4 fully saturated rings. The van der Waals surface area contributed by atoms with Crippen molar-refractivity contribution < 1.29 is 9.84 Å². The molecule has 0 amide bonds. The summed E-state index contributed by atoms with van der Waals surface area (Å²) in [6.07, 6.45) is 5.49. The topological polar surface area (TPSA) is 68.2 Å². The fourth-order valence-electron chi connectivity index (χ4n) is 5.98. The van der Waals surface area contributed by atoms with E-state index in [9.17, 15) is 5.11 Å². The average molecular weight is 481 g/mol. The van der Waals surface area contributed by atoms with E-state index in [1.165, 1.54) is 23.9 Å². The number of benzene rings is 1. The van der Waals surface area contributed by atoms with Crippen LogP contribution in [0.5, 0.6) is 0 Å². The summed E-state index contributed by atoms with van der Waals surface area (Å²) in [5, 5.41) is 11.6. The molecular formula is C27H40N6O2. The van der Waals surface area contributed by atoms with Crippen LogP contribution in [-0.2, 0) is 4.74 Å². The van der Waals surface area contributed by atoms with Crippen molar-refractivity contribution in [2.75, 3.05) is 82.4 Å². The molecule has 4 aliphatic rings. The molecule has 6 rings (SSSR count). The number of anilines is 2.